The first kappa shape index (κ1) is 17.4. The van der Waals surface area contributed by atoms with E-state index in [1.807, 2.05) is 13.8 Å². The second kappa shape index (κ2) is 7.41. The Bertz CT molecular complexity index is 501. The topological polar surface area (TPSA) is 76.5 Å². The molecule has 21 heavy (non-hydrogen) atoms. The molecule has 0 aromatic carbocycles. The van der Waals surface area contributed by atoms with Gasteiger partial charge in [0, 0.05) is 12.6 Å². The summed E-state index contributed by atoms with van der Waals surface area (Å²) < 4.78 is 5.00. The zero-order chi connectivity index (χ0) is 16.0. The minimum atomic E-state index is -1.60. The standard InChI is InChI=1S/C15H20ClNO4/c1-4-21-14(20)15(13(18)19,7-10(2)3)8-11-5-6-12(16)17-9-11/h5-6,9-10H,4,7-8H2,1-3H3,(H,18,19). The summed E-state index contributed by atoms with van der Waals surface area (Å²) in [6.45, 7) is 5.54. The van der Waals surface area contributed by atoms with Gasteiger partial charge in [-0.15, -0.1) is 0 Å². The molecule has 5 nitrogen and oxygen atoms in total. The number of rotatable bonds is 7. The first-order valence-corrected chi connectivity index (χ1v) is 7.20. The normalized spacial score (nSPS) is 13.8. The van der Waals surface area contributed by atoms with Gasteiger partial charge in [-0.05, 0) is 30.9 Å². The molecule has 0 bridgehead atoms. The van der Waals surface area contributed by atoms with E-state index >= 15 is 0 Å². The molecule has 1 aromatic rings. The Morgan fingerprint density at radius 1 is 1.43 bits per heavy atom. The summed E-state index contributed by atoms with van der Waals surface area (Å²) in [5.41, 5.74) is -0.963. The number of nitrogens with zero attached hydrogens (tertiary/aromatic N) is 1. The van der Waals surface area contributed by atoms with Crippen LogP contribution in [0.15, 0.2) is 18.3 Å². The van der Waals surface area contributed by atoms with Crippen LogP contribution in [0, 0.1) is 11.3 Å². The zero-order valence-corrected chi connectivity index (χ0v) is 13.2. The van der Waals surface area contributed by atoms with Crippen molar-refractivity contribution in [2.24, 2.45) is 11.3 Å². The van der Waals surface area contributed by atoms with E-state index in [4.69, 9.17) is 16.3 Å². The van der Waals surface area contributed by atoms with Gasteiger partial charge in [0.15, 0.2) is 5.41 Å². The molecule has 0 aliphatic heterocycles. The number of ether oxygens (including phenoxy) is 1. The highest BCUT2D eigenvalue weighted by Gasteiger charge is 2.48. The number of pyridine rings is 1. The van der Waals surface area contributed by atoms with Gasteiger partial charge in [-0.2, -0.15) is 0 Å². The highest BCUT2D eigenvalue weighted by molar-refractivity contribution is 6.29. The number of aromatic nitrogens is 1. The SMILES string of the molecule is CCOC(=O)C(Cc1ccc(Cl)nc1)(CC(C)C)C(=O)O. The maximum absolute atomic E-state index is 12.3. The molecular formula is C15H20ClNO4. The Morgan fingerprint density at radius 3 is 2.52 bits per heavy atom. The Morgan fingerprint density at radius 2 is 2.10 bits per heavy atom. The van der Waals surface area contributed by atoms with Gasteiger partial charge in [-0.25, -0.2) is 4.98 Å². The Hall–Kier alpha value is -1.62. The molecule has 0 aliphatic rings. The van der Waals surface area contributed by atoms with Crippen molar-refractivity contribution < 1.29 is 19.4 Å². The lowest BCUT2D eigenvalue weighted by Gasteiger charge is -2.28. The van der Waals surface area contributed by atoms with Crippen molar-refractivity contribution in [3.63, 3.8) is 0 Å². The number of hydrogen-bond acceptors (Lipinski definition) is 4. The molecule has 1 atom stereocenters. The molecule has 1 rings (SSSR count). The molecule has 0 saturated heterocycles. The van der Waals surface area contributed by atoms with Crippen molar-refractivity contribution in [3.8, 4) is 0 Å². The van der Waals surface area contributed by atoms with E-state index in [0.717, 1.165) is 0 Å². The third-order valence-corrected chi connectivity index (χ3v) is 3.35. The first-order valence-electron chi connectivity index (χ1n) is 6.83. The van der Waals surface area contributed by atoms with Crippen molar-refractivity contribution in [1.29, 1.82) is 0 Å². The van der Waals surface area contributed by atoms with E-state index in [1.165, 1.54) is 6.20 Å². The number of carbonyl (C=O) groups excluding carboxylic acids is 1. The predicted molar refractivity (Wildman–Crippen MR) is 79.1 cm³/mol. The number of hydrogen-bond donors (Lipinski definition) is 1. The minimum absolute atomic E-state index is 0.0313. The van der Waals surface area contributed by atoms with Gasteiger partial charge in [0.05, 0.1) is 6.61 Å². The molecule has 1 unspecified atom stereocenters. The lowest BCUT2D eigenvalue weighted by Crippen LogP contribution is -2.43. The van der Waals surface area contributed by atoms with Gasteiger partial charge < -0.3 is 9.84 Å². The van der Waals surface area contributed by atoms with Gasteiger partial charge in [0.25, 0.3) is 0 Å². The molecule has 116 valence electrons. The highest BCUT2D eigenvalue weighted by atomic mass is 35.5. The zero-order valence-electron chi connectivity index (χ0n) is 12.4. The quantitative estimate of drug-likeness (QED) is 0.476. The van der Waals surface area contributed by atoms with Gasteiger partial charge in [-0.1, -0.05) is 31.5 Å². The molecule has 1 N–H and O–H groups in total. The average molecular weight is 314 g/mol. The van der Waals surface area contributed by atoms with Crippen LogP contribution in [0.2, 0.25) is 5.15 Å². The number of carboxylic acids is 1. The maximum Gasteiger partial charge on any atom is 0.323 e. The van der Waals surface area contributed by atoms with Crippen molar-refractivity contribution in [3.05, 3.63) is 29.0 Å². The lowest BCUT2D eigenvalue weighted by atomic mass is 9.75. The second-order valence-corrected chi connectivity index (χ2v) is 5.76. The average Bonchev–Trinajstić information content (AvgIpc) is 2.40. The fraction of sp³-hybridized carbons (Fsp3) is 0.533. The molecule has 6 heteroatoms. The summed E-state index contributed by atoms with van der Waals surface area (Å²) in [6, 6.07) is 3.25. The van der Waals surface area contributed by atoms with Gasteiger partial charge in [0.1, 0.15) is 5.15 Å². The summed E-state index contributed by atoms with van der Waals surface area (Å²) >= 11 is 5.72. The van der Waals surface area contributed by atoms with E-state index in [2.05, 4.69) is 4.98 Å². The molecule has 1 heterocycles. The summed E-state index contributed by atoms with van der Waals surface area (Å²) in [7, 11) is 0. The molecule has 1 aromatic heterocycles. The number of halogens is 1. The first-order chi connectivity index (χ1) is 9.81. The van der Waals surface area contributed by atoms with Crippen LogP contribution in [0.5, 0.6) is 0 Å². The van der Waals surface area contributed by atoms with Crippen LogP contribution in [0.25, 0.3) is 0 Å². The predicted octanol–water partition coefficient (Wildman–Crippen LogP) is 2.96. The van der Waals surface area contributed by atoms with Crippen molar-refractivity contribution >= 4 is 23.5 Å². The minimum Gasteiger partial charge on any atom is -0.480 e. The van der Waals surface area contributed by atoms with E-state index in [1.54, 1.807) is 19.1 Å². The Labute approximate surface area is 129 Å². The molecule has 0 radical (unpaired) electrons. The van der Waals surface area contributed by atoms with Crippen LogP contribution >= 0.6 is 11.6 Å². The van der Waals surface area contributed by atoms with Crippen LogP contribution in [0.4, 0.5) is 0 Å². The second-order valence-electron chi connectivity index (χ2n) is 5.37. The van der Waals surface area contributed by atoms with Crippen molar-refractivity contribution in [1.82, 2.24) is 4.98 Å². The van der Waals surface area contributed by atoms with Crippen LogP contribution < -0.4 is 0 Å². The summed E-state index contributed by atoms with van der Waals surface area (Å²) in [6.07, 6.45) is 1.72. The third-order valence-electron chi connectivity index (χ3n) is 3.13. The summed E-state index contributed by atoms with van der Waals surface area (Å²) in [5.74, 6) is -1.85. The monoisotopic (exact) mass is 313 g/mol. The van der Waals surface area contributed by atoms with E-state index in [9.17, 15) is 14.7 Å². The fourth-order valence-electron chi connectivity index (χ4n) is 2.30. The van der Waals surface area contributed by atoms with Gasteiger partial charge in [0.2, 0.25) is 0 Å². The van der Waals surface area contributed by atoms with Crippen LogP contribution in [0.3, 0.4) is 0 Å². The van der Waals surface area contributed by atoms with E-state index in [-0.39, 0.29) is 25.4 Å². The molecule has 0 spiro atoms. The Kier molecular flexibility index (Phi) is 6.15. The van der Waals surface area contributed by atoms with E-state index < -0.39 is 17.4 Å². The molecule has 0 amide bonds. The molecular weight excluding hydrogens is 294 g/mol. The Balaban J connectivity index is 3.17. The number of carboxylic acid groups (broad SMARTS) is 1. The number of aliphatic carboxylic acids is 1. The smallest absolute Gasteiger partial charge is 0.323 e. The lowest BCUT2D eigenvalue weighted by molar-refractivity contribution is -0.170. The fourth-order valence-corrected chi connectivity index (χ4v) is 2.42. The van der Waals surface area contributed by atoms with Crippen LogP contribution in [-0.4, -0.2) is 28.6 Å². The van der Waals surface area contributed by atoms with Crippen LogP contribution in [-0.2, 0) is 20.7 Å². The summed E-state index contributed by atoms with van der Waals surface area (Å²) in [4.78, 5) is 28.0. The van der Waals surface area contributed by atoms with Gasteiger partial charge in [-0.3, -0.25) is 9.59 Å². The molecule has 0 aliphatic carbocycles. The largest absolute Gasteiger partial charge is 0.480 e. The molecule has 0 saturated carbocycles. The third kappa shape index (κ3) is 4.43. The van der Waals surface area contributed by atoms with E-state index in [0.29, 0.717) is 10.7 Å². The summed E-state index contributed by atoms with van der Waals surface area (Å²) in [5, 5.41) is 9.96. The maximum atomic E-state index is 12.3. The highest BCUT2D eigenvalue weighted by Crippen LogP contribution is 2.33. The van der Waals surface area contributed by atoms with Crippen LogP contribution in [0.1, 0.15) is 32.8 Å². The van der Waals surface area contributed by atoms with Crippen molar-refractivity contribution in [2.45, 2.75) is 33.6 Å². The van der Waals surface area contributed by atoms with Gasteiger partial charge >= 0.3 is 11.9 Å². The number of esters is 1. The van der Waals surface area contributed by atoms with Crippen molar-refractivity contribution in [2.75, 3.05) is 6.61 Å². The molecule has 0 fully saturated rings. The number of carbonyl (C=O) groups is 2.